The molecule has 2 rings (SSSR count). The molecule has 0 amide bonds. The first-order chi connectivity index (χ1) is 9.08. The van der Waals surface area contributed by atoms with Gasteiger partial charge in [0.25, 0.3) is 0 Å². The number of rotatable bonds is 4. The average Bonchev–Trinajstić information content (AvgIpc) is 2.74. The van der Waals surface area contributed by atoms with Crippen LogP contribution in [-0.4, -0.2) is 28.4 Å². The molecular formula is C14H20N4O. The maximum atomic E-state index is 5.57. The topological polar surface area (TPSA) is 66.0 Å². The first-order valence-corrected chi connectivity index (χ1v) is 6.33. The third-order valence-corrected chi connectivity index (χ3v) is 3.42. The van der Waals surface area contributed by atoms with Crippen LogP contribution in [0.25, 0.3) is 11.4 Å². The molecule has 2 N–H and O–H groups in total. The first-order valence-electron chi connectivity index (χ1n) is 6.33. The zero-order valence-electron chi connectivity index (χ0n) is 11.9. The van der Waals surface area contributed by atoms with Crippen LogP contribution >= 0.6 is 0 Å². The number of hydrogen-bond donors (Lipinski definition) is 1. The summed E-state index contributed by atoms with van der Waals surface area (Å²) in [5, 5.41) is 4.47. The van der Waals surface area contributed by atoms with Crippen molar-refractivity contribution in [1.29, 1.82) is 0 Å². The fourth-order valence-corrected chi connectivity index (χ4v) is 2.14. The number of aryl methyl sites for hydroxylation is 1. The van der Waals surface area contributed by atoms with Gasteiger partial charge in [0, 0.05) is 19.0 Å². The molecule has 0 bridgehead atoms. The Bertz CT molecular complexity index is 589. The van der Waals surface area contributed by atoms with Gasteiger partial charge in [0.2, 0.25) is 0 Å². The molecule has 1 aromatic carbocycles. The van der Waals surface area contributed by atoms with Crippen molar-refractivity contribution in [3.8, 4) is 17.1 Å². The van der Waals surface area contributed by atoms with Gasteiger partial charge in [0.1, 0.15) is 11.6 Å². The van der Waals surface area contributed by atoms with Crippen LogP contribution in [0.1, 0.15) is 17.0 Å². The van der Waals surface area contributed by atoms with E-state index >= 15 is 0 Å². The van der Waals surface area contributed by atoms with E-state index < -0.39 is 0 Å². The second-order valence-electron chi connectivity index (χ2n) is 4.58. The van der Waals surface area contributed by atoms with Crippen LogP contribution < -0.4 is 10.5 Å². The second kappa shape index (κ2) is 5.40. The molecule has 5 nitrogen and oxygen atoms in total. The maximum absolute atomic E-state index is 5.57. The van der Waals surface area contributed by atoms with Gasteiger partial charge >= 0.3 is 0 Å². The Balaban J connectivity index is 2.47. The van der Waals surface area contributed by atoms with E-state index in [0.717, 1.165) is 40.5 Å². The Morgan fingerprint density at radius 3 is 2.63 bits per heavy atom. The van der Waals surface area contributed by atoms with Crippen LogP contribution in [0.4, 0.5) is 0 Å². The molecule has 0 aliphatic heterocycles. The number of benzene rings is 1. The predicted molar refractivity (Wildman–Crippen MR) is 75.2 cm³/mol. The third-order valence-electron chi connectivity index (χ3n) is 3.42. The molecule has 0 aliphatic rings. The van der Waals surface area contributed by atoms with E-state index in [9.17, 15) is 0 Å². The molecular weight excluding hydrogens is 240 g/mol. The van der Waals surface area contributed by atoms with Gasteiger partial charge in [-0.05, 0) is 43.7 Å². The van der Waals surface area contributed by atoms with Gasteiger partial charge in [-0.15, -0.1) is 0 Å². The average molecular weight is 260 g/mol. The van der Waals surface area contributed by atoms with Crippen molar-refractivity contribution in [2.75, 3.05) is 13.7 Å². The minimum absolute atomic E-state index is 0.576. The third kappa shape index (κ3) is 2.46. The van der Waals surface area contributed by atoms with Gasteiger partial charge < -0.3 is 10.5 Å². The van der Waals surface area contributed by atoms with Crippen LogP contribution in [-0.2, 0) is 13.5 Å². The summed E-state index contributed by atoms with van der Waals surface area (Å²) < 4.78 is 7.11. The summed E-state index contributed by atoms with van der Waals surface area (Å²) in [4.78, 5) is 4.56. The lowest BCUT2D eigenvalue weighted by Crippen LogP contribution is -2.08. The summed E-state index contributed by atoms with van der Waals surface area (Å²) in [6.45, 7) is 4.68. The molecule has 1 heterocycles. The van der Waals surface area contributed by atoms with E-state index in [2.05, 4.69) is 17.0 Å². The molecule has 0 saturated heterocycles. The second-order valence-corrected chi connectivity index (χ2v) is 4.58. The molecule has 102 valence electrons. The highest BCUT2D eigenvalue weighted by Crippen LogP contribution is 2.29. The number of nitrogens with zero attached hydrogens (tertiary/aromatic N) is 3. The summed E-state index contributed by atoms with van der Waals surface area (Å²) in [5.74, 6) is 2.54. The smallest absolute Gasteiger partial charge is 0.181 e. The van der Waals surface area contributed by atoms with E-state index in [1.165, 1.54) is 0 Å². The highest BCUT2D eigenvalue weighted by atomic mass is 16.5. The van der Waals surface area contributed by atoms with Gasteiger partial charge in [-0.3, -0.25) is 4.68 Å². The molecule has 0 aliphatic carbocycles. The molecule has 19 heavy (non-hydrogen) atoms. The zero-order valence-corrected chi connectivity index (χ0v) is 11.9. The van der Waals surface area contributed by atoms with E-state index in [4.69, 9.17) is 10.5 Å². The normalized spacial score (nSPS) is 10.8. The van der Waals surface area contributed by atoms with E-state index in [1.54, 1.807) is 11.8 Å². The first kappa shape index (κ1) is 13.5. The maximum Gasteiger partial charge on any atom is 0.181 e. The lowest BCUT2D eigenvalue weighted by atomic mass is 10.0. The molecule has 0 atom stereocenters. The summed E-state index contributed by atoms with van der Waals surface area (Å²) in [7, 11) is 3.58. The number of aromatic nitrogens is 3. The van der Waals surface area contributed by atoms with Crippen LogP contribution in [0.2, 0.25) is 0 Å². The summed E-state index contributed by atoms with van der Waals surface area (Å²) in [6.07, 6.45) is 0.734. The Labute approximate surface area is 113 Å². The fraction of sp³-hybridized carbons (Fsp3) is 0.429. The standard InChI is InChI=1S/C14H20N4O/c1-9-10(2)12(19-4)6-5-11(9)14-16-13(7-8-15)18(3)17-14/h5-6H,7-8,15H2,1-4H3. The minimum atomic E-state index is 0.576. The Kier molecular flexibility index (Phi) is 3.85. The van der Waals surface area contributed by atoms with Crippen LogP contribution in [0.3, 0.4) is 0 Å². The van der Waals surface area contributed by atoms with Crippen LogP contribution in [0, 0.1) is 13.8 Å². The number of hydrogen-bond acceptors (Lipinski definition) is 4. The Hall–Kier alpha value is -1.88. The van der Waals surface area contributed by atoms with Crippen LogP contribution in [0.15, 0.2) is 12.1 Å². The summed E-state index contributed by atoms with van der Waals surface area (Å²) >= 11 is 0. The fourth-order valence-electron chi connectivity index (χ4n) is 2.14. The van der Waals surface area contributed by atoms with Crippen molar-refractivity contribution >= 4 is 0 Å². The van der Waals surface area contributed by atoms with Gasteiger partial charge in [-0.25, -0.2) is 4.98 Å². The molecule has 2 aromatic rings. The van der Waals surface area contributed by atoms with Gasteiger partial charge in [-0.2, -0.15) is 5.10 Å². The van der Waals surface area contributed by atoms with Crippen molar-refractivity contribution < 1.29 is 4.74 Å². The van der Waals surface area contributed by atoms with Crippen LogP contribution in [0.5, 0.6) is 5.75 Å². The van der Waals surface area contributed by atoms with Crippen molar-refractivity contribution in [2.24, 2.45) is 12.8 Å². The Morgan fingerprint density at radius 2 is 2.00 bits per heavy atom. The molecule has 0 radical (unpaired) electrons. The molecule has 0 spiro atoms. The summed E-state index contributed by atoms with van der Waals surface area (Å²) in [5.41, 5.74) is 8.87. The Morgan fingerprint density at radius 1 is 1.26 bits per heavy atom. The molecule has 0 fully saturated rings. The van der Waals surface area contributed by atoms with Gasteiger partial charge in [0.05, 0.1) is 7.11 Å². The largest absolute Gasteiger partial charge is 0.496 e. The van der Waals surface area contributed by atoms with Crippen molar-refractivity contribution in [1.82, 2.24) is 14.8 Å². The zero-order chi connectivity index (χ0) is 14.0. The number of nitrogens with two attached hydrogens (primary N) is 1. The molecule has 1 aromatic heterocycles. The summed E-state index contributed by atoms with van der Waals surface area (Å²) in [6, 6.07) is 3.96. The lowest BCUT2D eigenvalue weighted by Gasteiger charge is -2.10. The van der Waals surface area contributed by atoms with E-state index in [0.29, 0.717) is 6.54 Å². The quantitative estimate of drug-likeness (QED) is 0.907. The molecule has 5 heteroatoms. The lowest BCUT2D eigenvalue weighted by molar-refractivity contribution is 0.411. The van der Waals surface area contributed by atoms with E-state index in [-0.39, 0.29) is 0 Å². The van der Waals surface area contributed by atoms with E-state index in [1.807, 2.05) is 26.1 Å². The van der Waals surface area contributed by atoms with Crippen molar-refractivity contribution in [3.63, 3.8) is 0 Å². The van der Waals surface area contributed by atoms with Crippen molar-refractivity contribution in [3.05, 3.63) is 29.1 Å². The highest BCUT2D eigenvalue weighted by molar-refractivity contribution is 5.64. The van der Waals surface area contributed by atoms with Gasteiger partial charge in [0.15, 0.2) is 5.82 Å². The number of methoxy groups -OCH3 is 1. The van der Waals surface area contributed by atoms with Crippen molar-refractivity contribution in [2.45, 2.75) is 20.3 Å². The van der Waals surface area contributed by atoms with Gasteiger partial charge in [-0.1, -0.05) is 0 Å². The number of ether oxygens (including phenoxy) is 1. The molecule has 0 unspecified atom stereocenters. The highest BCUT2D eigenvalue weighted by Gasteiger charge is 2.13. The predicted octanol–water partition coefficient (Wildman–Crippen LogP) is 1.61. The monoisotopic (exact) mass is 260 g/mol. The minimum Gasteiger partial charge on any atom is -0.496 e. The molecule has 0 saturated carbocycles. The SMILES string of the molecule is COc1ccc(-c2nc(CCN)n(C)n2)c(C)c1C.